The molecule has 10 heteroatoms. The third kappa shape index (κ3) is 5.03. The fraction of sp³-hybridized carbons (Fsp3) is 0.440. The summed E-state index contributed by atoms with van der Waals surface area (Å²) < 4.78 is 30.1. The molecule has 2 amide bonds. The maximum absolute atomic E-state index is 13.3. The fourth-order valence-corrected chi connectivity index (χ4v) is 4.80. The summed E-state index contributed by atoms with van der Waals surface area (Å²) in [5, 5.41) is 5.42. The molecule has 3 N–H and O–H groups in total. The Balaban J connectivity index is 1.38. The van der Waals surface area contributed by atoms with Crippen molar-refractivity contribution in [3.63, 3.8) is 0 Å². The van der Waals surface area contributed by atoms with Gasteiger partial charge in [0.15, 0.2) is 6.10 Å². The highest BCUT2D eigenvalue weighted by atomic mass is 19.1. The minimum atomic E-state index is -0.734. The van der Waals surface area contributed by atoms with Gasteiger partial charge in [-0.25, -0.2) is 9.18 Å². The summed E-state index contributed by atoms with van der Waals surface area (Å²) in [6, 6.07) is 11.2. The van der Waals surface area contributed by atoms with Crippen LogP contribution in [0.5, 0.6) is 5.75 Å². The van der Waals surface area contributed by atoms with Crippen molar-refractivity contribution in [3.8, 4) is 5.75 Å². The van der Waals surface area contributed by atoms with Crippen molar-refractivity contribution in [2.75, 3.05) is 57.9 Å². The maximum atomic E-state index is 13.3. The Kier molecular flexibility index (Phi) is 6.74. The zero-order chi connectivity index (χ0) is 24.4. The molecule has 2 aromatic carbocycles. The summed E-state index contributed by atoms with van der Waals surface area (Å²) in [7, 11) is 1.47. The smallest absolute Gasteiger partial charge is 0.407 e. The standard InChI is InChI=1S/C25H29FN4O5/c1-27-25(32)35-22-15-34-21-7-6-18(29-8-10-30(11-9-29)19-13-33-14-19)12-20(21)23(22)28-24(31)16-2-4-17(26)5-3-16/h2-7,12,19,22-23H,8-11,13-15H2,1H3,(H,27,32)(H,28,31)/p+1/t22-,23-/m0/s1. The molecule has 0 spiro atoms. The number of hydrogen-bond donors (Lipinski definition) is 3. The van der Waals surface area contributed by atoms with E-state index in [-0.39, 0.29) is 6.61 Å². The summed E-state index contributed by atoms with van der Waals surface area (Å²) in [5.74, 6) is -0.181. The number of anilines is 1. The van der Waals surface area contributed by atoms with Crippen LogP contribution >= 0.6 is 0 Å². The van der Waals surface area contributed by atoms with E-state index in [1.165, 1.54) is 31.3 Å². The van der Waals surface area contributed by atoms with Gasteiger partial charge in [0.05, 0.1) is 32.2 Å². The van der Waals surface area contributed by atoms with Crippen molar-refractivity contribution in [3.05, 3.63) is 59.4 Å². The van der Waals surface area contributed by atoms with E-state index in [4.69, 9.17) is 14.2 Å². The van der Waals surface area contributed by atoms with E-state index in [1.807, 2.05) is 18.2 Å². The number of nitrogens with one attached hydrogen (secondary N) is 3. The third-order valence-corrected chi connectivity index (χ3v) is 6.95. The average Bonchev–Trinajstić information content (AvgIpc) is 2.85. The third-order valence-electron chi connectivity index (χ3n) is 6.95. The van der Waals surface area contributed by atoms with Gasteiger partial charge >= 0.3 is 6.09 Å². The molecule has 2 fully saturated rings. The highest BCUT2D eigenvalue weighted by Crippen LogP contribution is 2.37. The molecule has 5 rings (SSSR count). The number of alkyl carbamates (subject to hydrolysis) is 1. The van der Waals surface area contributed by atoms with Crippen molar-refractivity contribution in [2.24, 2.45) is 0 Å². The van der Waals surface area contributed by atoms with Gasteiger partial charge in [-0.05, 0) is 42.5 Å². The maximum Gasteiger partial charge on any atom is 0.407 e. The van der Waals surface area contributed by atoms with Crippen LogP contribution in [0.1, 0.15) is 22.0 Å². The number of rotatable bonds is 5. The Morgan fingerprint density at radius 3 is 2.49 bits per heavy atom. The van der Waals surface area contributed by atoms with Gasteiger partial charge in [-0.15, -0.1) is 0 Å². The zero-order valence-electron chi connectivity index (χ0n) is 19.6. The number of nitrogens with zero attached hydrogens (tertiary/aromatic N) is 1. The quantitative estimate of drug-likeness (QED) is 0.572. The number of carbonyl (C=O) groups is 2. The van der Waals surface area contributed by atoms with Crippen LogP contribution in [-0.4, -0.2) is 77.2 Å². The minimum Gasteiger partial charge on any atom is -0.489 e. The number of halogens is 1. The molecule has 2 atom stereocenters. The topological polar surface area (TPSA) is 93.6 Å². The SMILES string of the molecule is CNC(=O)O[C@H]1COc2ccc(N3CC[NH+](C4COC4)CC3)cc2[C@@H]1NC(=O)c1ccc(F)cc1. The molecule has 35 heavy (non-hydrogen) atoms. The normalized spacial score (nSPS) is 22.4. The number of carbonyl (C=O) groups excluding carboxylic acids is 2. The lowest BCUT2D eigenvalue weighted by Gasteiger charge is -2.41. The Bertz CT molecular complexity index is 1070. The van der Waals surface area contributed by atoms with Gasteiger partial charge in [-0.3, -0.25) is 4.79 Å². The monoisotopic (exact) mass is 485 g/mol. The highest BCUT2D eigenvalue weighted by Gasteiger charge is 2.37. The molecule has 3 aliphatic heterocycles. The van der Waals surface area contributed by atoms with Crippen LogP contribution in [0.4, 0.5) is 14.9 Å². The second-order valence-corrected chi connectivity index (χ2v) is 9.06. The molecule has 2 saturated heterocycles. The van der Waals surface area contributed by atoms with Crippen molar-refractivity contribution in [1.82, 2.24) is 10.6 Å². The first-order valence-corrected chi connectivity index (χ1v) is 11.9. The van der Waals surface area contributed by atoms with E-state index < -0.39 is 30.0 Å². The first-order valence-electron chi connectivity index (χ1n) is 11.9. The lowest BCUT2D eigenvalue weighted by Crippen LogP contribution is -3.20. The molecule has 0 unspecified atom stereocenters. The summed E-state index contributed by atoms with van der Waals surface area (Å²) in [4.78, 5) is 28.9. The molecule has 0 aliphatic carbocycles. The molecular weight excluding hydrogens is 455 g/mol. The summed E-state index contributed by atoms with van der Waals surface area (Å²) in [5.41, 5.74) is 2.08. The number of fused-ring (bicyclic) bond motifs is 1. The number of benzene rings is 2. The van der Waals surface area contributed by atoms with Crippen LogP contribution in [-0.2, 0) is 9.47 Å². The predicted molar refractivity (Wildman–Crippen MR) is 125 cm³/mol. The molecule has 0 radical (unpaired) electrons. The Hall–Kier alpha value is -3.37. The number of amides is 2. The van der Waals surface area contributed by atoms with E-state index >= 15 is 0 Å². The molecule has 3 heterocycles. The minimum absolute atomic E-state index is 0.0969. The molecule has 2 aromatic rings. The van der Waals surface area contributed by atoms with Gasteiger partial charge in [0.1, 0.15) is 37.4 Å². The molecule has 0 bridgehead atoms. The number of ether oxygens (including phenoxy) is 3. The second-order valence-electron chi connectivity index (χ2n) is 9.06. The van der Waals surface area contributed by atoms with E-state index in [2.05, 4.69) is 15.5 Å². The van der Waals surface area contributed by atoms with Gasteiger partial charge in [-0.1, -0.05) is 0 Å². The van der Waals surface area contributed by atoms with Crippen LogP contribution in [0.15, 0.2) is 42.5 Å². The molecule has 9 nitrogen and oxygen atoms in total. The van der Waals surface area contributed by atoms with Crippen LogP contribution in [0.2, 0.25) is 0 Å². The summed E-state index contributed by atoms with van der Waals surface area (Å²) >= 11 is 0. The van der Waals surface area contributed by atoms with Crippen LogP contribution in [0, 0.1) is 5.82 Å². The lowest BCUT2D eigenvalue weighted by molar-refractivity contribution is -0.935. The van der Waals surface area contributed by atoms with E-state index in [0.29, 0.717) is 17.4 Å². The van der Waals surface area contributed by atoms with Gasteiger partial charge in [0.25, 0.3) is 5.91 Å². The molecule has 3 aliphatic rings. The highest BCUT2D eigenvalue weighted by molar-refractivity contribution is 5.94. The first kappa shape index (κ1) is 23.4. The van der Waals surface area contributed by atoms with Crippen LogP contribution in [0.3, 0.4) is 0 Å². The average molecular weight is 486 g/mol. The Morgan fingerprint density at radius 2 is 1.83 bits per heavy atom. The van der Waals surface area contributed by atoms with Gasteiger partial charge in [-0.2, -0.15) is 0 Å². The summed E-state index contributed by atoms with van der Waals surface area (Å²) in [6.07, 6.45) is -1.35. The van der Waals surface area contributed by atoms with Crippen molar-refractivity contribution in [2.45, 2.75) is 18.2 Å². The fourth-order valence-electron chi connectivity index (χ4n) is 4.80. The first-order chi connectivity index (χ1) is 17.0. The number of piperazine rings is 1. The van der Waals surface area contributed by atoms with Crippen molar-refractivity contribution >= 4 is 17.7 Å². The van der Waals surface area contributed by atoms with Gasteiger partial charge in [0, 0.05) is 23.9 Å². The largest absolute Gasteiger partial charge is 0.489 e. The summed E-state index contributed by atoms with van der Waals surface area (Å²) in [6.45, 7) is 5.68. The van der Waals surface area contributed by atoms with Crippen molar-refractivity contribution in [1.29, 1.82) is 0 Å². The second kappa shape index (κ2) is 10.1. The van der Waals surface area contributed by atoms with Crippen LogP contribution < -0.4 is 25.2 Å². The van der Waals surface area contributed by atoms with Crippen LogP contribution in [0.25, 0.3) is 0 Å². The van der Waals surface area contributed by atoms with Crippen molar-refractivity contribution < 1.29 is 33.1 Å². The predicted octanol–water partition coefficient (Wildman–Crippen LogP) is 0.518. The lowest BCUT2D eigenvalue weighted by atomic mass is 9.96. The molecule has 186 valence electrons. The number of quaternary nitrogens is 1. The Morgan fingerprint density at radius 1 is 1.09 bits per heavy atom. The van der Waals surface area contributed by atoms with Gasteiger partial charge < -0.3 is 34.6 Å². The van der Waals surface area contributed by atoms with E-state index in [1.54, 1.807) is 4.90 Å². The zero-order valence-corrected chi connectivity index (χ0v) is 19.6. The van der Waals surface area contributed by atoms with E-state index in [9.17, 15) is 14.0 Å². The molecular formula is C25H30FN4O5+. The van der Waals surface area contributed by atoms with Gasteiger partial charge in [0.2, 0.25) is 0 Å². The number of hydrogen-bond acceptors (Lipinski definition) is 6. The molecule has 0 saturated carbocycles. The Labute approximate surface area is 203 Å². The molecule has 0 aromatic heterocycles. The van der Waals surface area contributed by atoms with E-state index in [0.717, 1.165) is 50.6 Å².